The number of phenols is 3. The highest BCUT2D eigenvalue weighted by Gasteiger charge is 2.39. The summed E-state index contributed by atoms with van der Waals surface area (Å²) < 4.78 is 80.4. The molecule has 32 heavy (non-hydrogen) atoms. The second kappa shape index (κ2) is 7.96. The highest BCUT2D eigenvalue weighted by molar-refractivity contribution is 5.50. The first-order valence-corrected chi connectivity index (χ1v) is 9.31. The lowest BCUT2D eigenvalue weighted by molar-refractivity contribution is -0.139. The molecule has 0 spiro atoms. The summed E-state index contributed by atoms with van der Waals surface area (Å²) in [4.78, 5) is 0. The van der Waals surface area contributed by atoms with E-state index in [1.165, 1.54) is 43.3 Å². The molecule has 170 valence electrons. The molecular formula is C23H18F6O3. The van der Waals surface area contributed by atoms with E-state index in [0.717, 1.165) is 12.1 Å². The molecule has 0 bridgehead atoms. The van der Waals surface area contributed by atoms with Gasteiger partial charge in [-0.05, 0) is 59.5 Å². The number of halogens is 6. The molecule has 0 radical (unpaired) electrons. The Bertz CT molecular complexity index is 1050. The molecule has 9 heteroatoms. The SMILES string of the molecule is CC(Cc1ccc(O)cc1)(c1ccc(O)c(C(F)(F)F)c1)c1ccc(O)c(C(F)(F)F)c1. The minimum Gasteiger partial charge on any atom is -0.508 e. The first-order valence-electron chi connectivity index (χ1n) is 9.31. The van der Waals surface area contributed by atoms with Crippen LogP contribution in [0.5, 0.6) is 17.2 Å². The zero-order valence-electron chi connectivity index (χ0n) is 16.6. The number of rotatable bonds is 4. The van der Waals surface area contributed by atoms with Gasteiger partial charge in [0.15, 0.2) is 0 Å². The van der Waals surface area contributed by atoms with Crippen molar-refractivity contribution in [1.29, 1.82) is 0 Å². The maximum atomic E-state index is 13.4. The van der Waals surface area contributed by atoms with E-state index >= 15 is 0 Å². The zero-order valence-corrected chi connectivity index (χ0v) is 16.6. The molecule has 3 aromatic carbocycles. The Morgan fingerprint density at radius 3 is 1.41 bits per heavy atom. The van der Waals surface area contributed by atoms with Gasteiger partial charge in [-0.2, -0.15) is 26.3 Å². The van der Waals surface area contributed by atoms with E-state index in [4.69, 9.17) is 0 Å². The van der Waals surface area contributed by atoms with Gasteiger partial charge in [0.2, 0.25) is 0 Å². The molecule has 0 saturated heterocycles. The third-order valence-corrected chi connectivity index (χ3v) is 5.37. The molecule has 3 rings (SSSR count). The van der Waals surface area contributed by atoms with Crippen molar-refractivity contribution in [2.45, 2.75) is 31.1 Å². The summed E-state index contributed by atoms with van der Waals surface area (Å²) in [6.45, 7) is 1.47. The Kier molecular flexibility index (Phi) is 5.80. The predicted molar refractivity (Wildman–Crippen MR) is 104 cm³/mol. The van der Waals surface area contributed by atoms with Crippen LogP contribution in [-0.2, 0) is 24.2 Å². The monoisotopic (exact) mass is 456 g/mol. The van der Waals surface area contributed by atoms with Crippen molar-refractivity contribution in [1.82, 2.24) is 0 Å². The Morgan fingerprint density at radius 2 is 1.03 bits per heavy atom. The molecule has 3 nitrogen and oxygen atoms in total. The van der Waals surface area contributed by atoms with E-state index in [-0.39, 0.29) is 23.3 Å². The van der Waals surface area contributed by atoms with Crippen LogP contribution in [0.1, 0.15) is 34.7 Å². The quantitative estimate of drug-likeness (QED) is 0.399. The second-order valence-corrected chi connectivity index (χ2v) is 7.63. The predicted octanol–water partition coefficient (Wildman–Crippen LogP) is 6.39. The maximum absolute atomic E-state index is 13.4. The summed E-state index contributed by atoms with van der Waals surface area (Å²) in [6.07, 6.45) is -9.80. The Morgan fingerprint density at radius 1 is 0.625 bits per heavy atom. The fourth-order valence-electron chi connectivity index (χ4n) is 3.61. The number of phenolic OH excluding ortho intramolecular Hbond substituents is 3. The Hall–Kier alpha value is -3.36. The van der Waals surface area contributed by atoms with Crippen molar-refractivity contribution in [3.05, 3.63) is 88.5 Å². The van der Waals surface area contributed by atoms with Gasteiger partial charge < -0.3 is 15.3 Å². The van der Waals surface area contributed by atoms with E-state index < -0.39 is 40.4 Å². The molecule has 0 aliphatic carbocycles. The van der Waals surface area contributed by atoms with Crippen LogP contribution in [0.15, 0.2) is 60.7 Å². The second-order valence-electron chi connectivity index (χ2n) is 7.63. The smallest absolute Gasteiger partial charge is 0.419 e. The van der Waals surface area contributed by atoms with Crippen molar-refractivity contribution in [2.24, 2.45) is 0 Å². The van der Waals surface area contributed by atoms with Crippen LogP contribution in [0, 0.1) is 0 Å². The molecule has 3 aromatic rings. The summed E-state index contributed by atoms with van der Waals surface area (Å²) in [5, 5.41) is 28.9. The van der Waals surface area contributed by atoms with E-state index in [0.29, 0.717) is 17.7 Å². The molecule has 0 aliphatic rings. The minimum atomic E-state index is -4.88. The molecule has 0 aliphatic heterocycles. The average Bonchev–Trinajstić information content (AvgIpc) is 2.68. The summed E-state index contributed by atoms with van der Waals surface area (Å²) in [5.74, 6) is -2.06. The van der Waals surface area contributed by atoms with Crippen LogP contribution in [0.3, 0.4) is 0 Å². The van der Waals surface area contributed by atoms with Crippen LogP contribution >= 0.6 is 0 Å². The topological polar surface area (TPSA) is 60.7 Å². The fraction of sp³-hybridized carbons (Fsp3) is 0.217. The van der Waals surface area contributed by atoms with Crippen molar-refractivity contribution in [2.75, 3.05) is 0 Å². The van der Waals surface area contributed by atoms with Gasteiger partial charge in [0.05, 0.1) is 11.1 Å². The largest absolute Gasteiger partial charge is 0.508 e. The molecule has 0 unspecified atom stereocenters. The highest BCUT2D eigenvalue weighted by Crippen LogP contribution is 2.44. The molecule has 3 N–H and O–H groups in total. The fourth-order valence-corrected chi connectivity index (χ4v) is 3.61. The summed E-state index contributed by atoms with van der Waals surface area (Å²) in [7, 11) is 0. The van der Waals surface area contributed by atoms with E-state index in [2.05, 4.69) is 0 Å². The lowest BCUT2D eigenvalue weighted by Gasteiger charge is -2.33. The zero-order chi connectivity index (χ0) is 23.9. The van der Waals surface area contributed by atoms with Gasteiger partial charge in [-0.3, -0.25) is 0 Å². The number of hydrogen-bond donors (Lipinski definition) is 3. The van der Waals surface area contributed by atoms with Crippen molar-refractivity contribution >= 4 is 0 Å². The van der Waals surface area contributed by atoms with Gasteiger partial charge in [0.25, 0.3) is 0 Å². The van der Waals surface area contributed by atoms with Crippen molar-refractivity contribution < 1.29 is 41.7 Å². The van der Waals surface area contributed by atoms with Crippen LogP contribution in [0.25, 0.3) is 0 Å². The molecule has 0 amide bonds. The van der Waals surface area contributed by atoms with Crippen LogP contribution in [-0.4, -0.2) is 15.3 Å². The number of hydrogen-bond acceptors (Lipinski definition) is 3. The van der Waals surface area contributed by atoms with E-state index in [1.54, 1.807) is 0 Å². The molecule has 0 heterocycles. The standard InChI is InChI=1S/C23H18F6O3/c1-21(12-13-2-6-16(30)7-3-13,14-4-8-19(31)17(10-14)22(24,25)26)15-5-9-20(32)18(11-15)23(27,28)29/h2-11,30-32H,12H2,1H3. The van der Waals surface area contributed by atoms with E-state index in [1.807, 2.05) is 0 Å². The normalized spacial score (nSPS) is 12.7. The molecule has 0 saturated carbocycles. The molecule has 0 fully saturated rings. The van der Waals surface area contributed by atoms with Gasteiger partial charge in [0, 0.05) is 5.41 Å². The van der Waals surface area contributed by atoms with Crippen LogP contribution in [0.2, 0.25) is 0 Å². The molecular weight excluding hydrogens is 438 g/mol. The molecule has 0 aromatic heterocycles. The van der Waals surface area contributed by atoms with Gasteiger partial charge in [-0.25, -0.2) is 0 Å². The van der Waals surface area contributed by atoms with Gasteiger partial charge >= 0.3 is 12.4 Å². The summed E-state index contributed by atoms with van der Waals surface area (Å²) >= 11 is 0. The van der Waals surface area contributed by atoms with E-state index in [9.17, 15) is 41.7 Å². The summed E-state index contributed by atoms with van der Waals surface area (Å²) in [6, 6.07) is 11.2. The van der Waals surface area contributed by atoms with Crippen LogP contribution in [0.4, 0.5) is 26.3 Å². The van der Waals surface area contributed by atoms with Gasteiger partial charge in [-0.15, -0.1) is 0 Å². The lowest BCUT2D eigenvalue weighted by Crippen LogP contribution is -2.28. The summed E-state index contributed by atoms with van der Waals surface area (Å²) in [5.41, 5.74) is -3.50. The number of alkyl halides is 6. The van der Waals surface area contributed by atoms with Crippen molar-refractivity contribution in [3.63, 3.8) is 0 Å². The van der Waals surface area contributed by atoms with Gasteiger partial charge in [-0.1, -0.05) is 31.2 Å². The Labute approximate surface area is 179 Å². The van der Waals surface area contributed by atoms with Crippen LogP contribution < -0.4 is 0 Å². The number of aromatic hydroxyl groups is 3. The lowest BCUT2D eigenvalue weighted by atomic mass is 9.71. The van der Waals surface area contributed by atoms with Gasteiger partial charge in [0.1, 0.15) is 17.2 Å². The average molecular weight is 456 g/mol. The number of benzene rings is 3. The maximum Gasteiger partial charge on any atom is 0.419 e. The first kappa shape index (κ1) is 23.3. The third-order valence-electron chi connectivity index (χ3n) is 5.37. The third kappa shape index (κ3) is 4.61. The minimum absolute atomic E-state index is 0.00881. The highest BCUT2D eigenvalue weighted by atomic mass is 19.4. The first-order chi connectivity index (χ1) is 14.7. The van der Waals surface area contributed by atoms with Crippen molar-refractivity contribution in [3.8, 4) is 17.2 Å². The molecule has 0 atom stereocenters. The Balaban J connectivity index is 2.25.